The number of ether oxygens (including phenoxy) is 1. The van der Waals surface area contributed by atoms with Gasteiger partial charge >= 0.3 is 7.12 Å². The zero-order valence-electron chi connectivity index (χ0n) is 12.7. The summed E-state index contributed by atoms with van der Waals surface area (Å²) in [6, 6.07) is 14.9. The lowest BCUT2D eigenvalue weighted by molar-refractivity contribution is 0.415. The van der Waals surface area contributed by atoms with Crippen LogP contribution in [-0.4, -0.2) is 29.3 Å². The number of benzene rings is 2. The molecule has 0 radical (unpaired) electrons. The lowest BCUT2D eigenvalue weighted by Crippen LogP contribution is -2.29. The van der Waals surface area contributed by atoms with Crippen LogP contribution < -0.4 is 15.5 Å². The summed E-state index contributed by atoms with van der Waals surface area (Å²) in [6.07, 6.45) is 1.76. The lowest BCUT2D eigenvalue weighted by Gasteiger charge is -2.11. The molecule has 2 aromatic carbocycles. The van der Waals surface area contributed by atoms with E-state index in [1.54, 1.807) is 25.4 Å². The van der Waals surface area contributed by atoms with Gasteiger partial charge in [-0.2, -0.15) is 0 Å². The maximum atomic E-state index is 9.11. The number of pyridine rings is 1. The number of hydrogen-bond acceptors (Lipinski definition) is 5. The van der Waals surface area contributed by atoms with Gasteiger partial charge in [0, 0.05) is 29.9 Å². The highest BCUT2D eigenvalue weighted by Crippen LogP contribution is 2.25. The second-order valence-corrected chi connectivity index (χ2v) is 5.21. The van der Waals surface area contributed by atoms with Crippen molar-refractivity contribution in [3.8, 4) is 5.75 Å². The molecule has 1 aromatic heterocycles. The van der Waals surface area contributed by atoms with Crippen molar-refractivity contribution in [3.05, 3.63) is 60.3 Å². The summed E-state index contributed by atoms with van der Waals surface area (Å²) >= 11 is 0. The minimum Gasteiger partial charge on any atom is -0.497 e. The number of nitrogens with one attached hydrogen (secondary N) is 1. The molecule has 6 heteroatoms. The summed E-state index contributed by atoms with van der Waals surface area (Å²) in [5.74, 6) is 0.778. The van der Waals surface area contributed by atoms with Crippen LogP contribution in [0.1, 0.15) is 5.56 Å². The van der Waals surface area contributed by atoms with E-state index >= 15 is 0 Å². The molecule has 23 heavy (non-hydrogen) atoms. The van der Waals surface area contributed by atoms with Gasteiger partial charge in [-0.1, -0.05) is 24.3 Å². The zero-order chi connectivity index (χ0) is 16.2. The predicted octanol–water partition coefficient (Wildman–Crippen LogP) is 1.54. The van der Waals surface area contributed by atoms with Crippen molar-refractivity contribution in [1.82, 2.24) is 4.98 Å². The van der Waals surface area contributed by atoms with Crippen molar-refractivity contribution < 1.29 is 14.8 Å². The average Bonchev–Trinajstić information content (AvgIpc) is 2.59. The monoisotopic (exact) mass is 308 g/mol. The maximum absolute atomic E-state index is 9.11. The number of aromatic nitrogens is 1. The van der Waals surface area contributed by atoms with E-state index in [4.69, 9.17) is 14.8 Å². The molecule has 0 saturated carbocycles. The van der Waals surface area contributed by atoms with Gasteiger partial charge in [0.15, 0.2) is 0 Å². The molecule has 0 fully saturated rings. The normalized spacial score (nSPS) is 10.6. The van der Waals surface area contributed by atoms with Gasteiger partial charge in [-0.25, -0.2) is 0 Å². The van der Waals surface area contributed by atoms with E-state index in [1.165, 1.54) is 0 Å². The molecule has 3 rings (SSSR count). The molecule has 0 aliphatic heterocycles. The van der Waals surface area contributed by atoms with Crippen LogP contribution in [0.4, 0.5) is 5.69 Å². The third-order valence-corrected chi connectivity index (χ3v) is 3.71. The van der Waals surface area contributed by atoms with E-state index < -0.39 is 7.12 Å². The Labute approximate surface area is 134 Å². The largest absolute Gasteiger partial charge is 0.497 e. The van der Waals surface area contributed by atoms with Crippen molar-refractivity contribution in [2.75, 3.05) is 12.4 Å². The molecular formula is C17H17BN2O3. The third kappa shape index (κ3) is 3.44. The van der Waals surface area contributed by atoms with Crippen molar-refractivity contribution in [2.45, 2.75) is 6.54 Å². The van der Waals surface area contributed by atoms with Gasteiger partial charge in [0.1, 0.15) is 5.75 Å². The van der Waals surface area contributed by atoms with Crippen molar-refractivity contribution in [2.24, 2.45) is 0 Å². The Morgan fingerprint density at radius 1 is 1.09 bits per heavy atom. The molecular weight excluding hydrogens is 291 g/mol. The van der Waals surface area contributed by atoms with Crippen LogP contribution in [0.5, 0.6) is 5.75 Å². The Morgan fingerprint density at radius 3 is 2.57 bits per heavy atom. The maximum Gasteiger partial charge on any atom is 0.488 e. The average molecular weight is 308 g/mol. The molecule has 0 aliphatic carbocycles. The Bertz CT molecular complexity index is 807. The van der Waals surface area contributed by atoms with Gasteiger partial charge in [0.2, 0.25) is 0 Å². The van der Waals surface area contributed by atoms with Crippen LogP contribution in [-0.2, 0) is 6.54 Å². The second-order valence-electron chi connectivity index (χ2n) is 5.21. The van der Waals surface area contributed by atoms with E-state index in [9.17, 15) is 0 Å². The van der Waals surface area contributed by atoms with E-state index in [2.05, 4.69) is 10.3 Å². The summed E-state index contributed by atoms with van der Waals surface area (Å²) in [4.78, 5) is 4.36. The molecule has 0 amide bonds. The number of nitrogens with zero attached hydrogens (tertiary/aromatic N) is 1. The van der Waals surface area contributed by atoms with Gasteiger partial charge in [0.05, 0.1) is 12.6 Å². The number of methoxy groups -OCH3 is 1. The zero-order valence-corrected chi connectivity index (χ0v) is 12.7. The Kier molecular flexibility index (Phi) is 4.46. The summed E-state index contributed by atoms with van der Waals surface area (Å²) in [5.41, 5.74) is 3.39. The van der Waals surface area contributed by atoms with E-state index in [0.717, 1.165) is 27.9 Å². The highest BCUT2D eigenvalue weighted by Gasteiger charge is 2.09. The minimum absolute atomic E-state index is 0.482. The molecule has 1 heterocycles. The topological polar surface area (TPSA) is 74.6 Å². The molecule has 0 unspecified atom stereocenters. The van der Waals surface area contributed by atoms with Crippen LogP contribution >= 0.6 is 0 Å². The molecule has 116 valence electrons. The SMILES string of the molecule is COc1ccc2c(NCc3ccc(B(O)O)cc3)ccnc2c1. The highest BCUT2D eigenvalue weighted by atomic mass is 16.5. The summed E-state index contributed by atoms with van der Waals surface area (Å²) in [7, 11) is 0.201. The van der Waals surface area contributed by atoms with Crippen molar-refractivity contribution in [3.63, 3.8) is 0 Å². The molecule has 0 saturated heterocycles. The minimum atomic E-state index is -1.43. The van der Waals surface area contributed by atoms with Crippen LogP contribution in [0.15, 0.2) is 54.7 Å². The first-order chi connectivity index (χ1) is 11.2. The van der Waals surface area contributed by atoms with Gasteiger partial charge in [-0.15, -0.1) is 0 Å². The molecule has 3 N–H and O–H groups in total. The van der Waals surface area contributed by atoms with Crippen molar-refractivity contribution >= 4 is 29.2 Å². The number of hydrogen-bond donors (Lipinski definition) is 3. The highest BCUT2D eigenvalue weighted by molar-refractivity contribution is 6.58. The predicted molar refractivity (Wildman–Crippen MR) is 91.9 cm³/mol. The quantitative estimate of drug-likeness (QED) is 0.623. The third-order valence-electron chi connectivity index (χ3n) is 3.71. The second kappa shape index (κ2) is 6.68. The fourth-order valence-corrected chi connectivity index (χ4v) is 2.41. The standard InChI is InChI=1S/C17H17BN2O3/c1-23-14-6-7-15-16(8-9-19-17(15)10-14)20-11-12-2-4-13(5-3-12)18(21)22/h2-10,21-22H,11H2,1H3,(H,19,20). The van der Waals surface area contributed by atoms with Crippen LogP contribution in [0, 0.1) is 0 Å². The first-order valence-corrected chi connectivity index (χ1v) is 7.29. The lowest BCUT2D eigenvalue weighted by atomic mass is 9.80. The number of fused-ring (bicyclic) bond motifs is 1. The van der Waals surface area contributed by atoms with Crippen molar-refractivity contribution in [1.29, 1.82) is 0 Å². The first kappa shape index (κ1) is 15.3. The fraction of sp³-hybridized carbons (Fsp3) is 0.118. The van der Waals surface area contributed by atoms with Crippen LogP contribution in [0.3, 0.4) is 0 Å². The Balaban J connectivity index is 1.79. The van der Waals surface area contributed by atoms with Crippen LogP contribution in [0.25, 0.3) is 10.9 Å². The van der Waals surface area contributed by atoms with E-state index in [0.29, 0.717) is 12.0 Å². The van der Waals surface area contributed by atoms with E-state index in [1.807, 2.05) is 36.4 Å². The molecule has 0 bridgehead atoms. The van der Waals surface area contributed by atoms with Gasteiger partial charge in [0.25, 0.3) is 0 Å². The molecule has 0 atom stereocenters. The Morgan fingerprint density at radius 2 is 1.87 bits per heavy atom. The number of rotatable bonds is 5. The fourth-order valence-electron chi connectivity index (χ4n) is 2.41. The molecule has 5 nitrogen and oxygen atoms in total. The number of anilines is 1. The molecule has 0 aliphatic rings. The Hall–Kier alpha value is -2.57. The molecule has 3 aromatic rings. The summed E-state index contributed by atoms with van der Waals surface area (Å²) in [5, 5.41) is 22.6. The van der Waals surface area contributed by atoms with E-state index in [-0.39, 0.29) is 0 Å². The van der Waals surface area contributed by atoms with Gasteiger partial charge in [-0.3, -0.25) is 4.98 Å². The molecule has 0 spiro atoms. The smallest absolute Gasteiger partial charge is 0.488 e. The van der Waals surface area contributed by atoms with Crippen LogP contribution in [0.2, 0.25) is 0 Å². The van der Waals surface area contributed by atoms with Gasteiger partial charge in [-0.05, 0) is 29.2 Å². The summed E-state index contributed by atoms with van der Waals surface area (Å²) < 4.78 is 5.22. The van der Waals surface area contributed by atoms with Gasteiger partial charge < -0.3 is 20.1 Å². The first-order valence-electron chi connectivity index (χ1n) is 7.29. The summed E-state index contributed by atoms with van der Waals surface area (Å²) in [6.45, 7) is 0.632.